The number of hydrogen-bond donors (Lipinski definition) is 1. The van der Waals surface area contributed by atoms with Gasteiger partial charge < -0.3 is 5.73 Å². The van der Waals surface area contributed by atoms with Crippen molar-refractivity contribution >= 4 is 10.0 Å². The van der Waals surface area contributed by atoms with Gasteiger partial charge in [-0.15, -0.1) is 0 Å². The molecular formula is C15H18FN3O2S. The molecule has 1 aliphatic heterocycles. The van der Waals surface area contributed by atoms with E-state index in [4.69, 9.17) is 11.0 Å². The van der Waals surface area contributed by atoms with Crippen molar-refractivity contribution in [1.29, 1.82) is 5.26 Å². The molecule has 2 fully saturated rings. The molecule has 3 rings (SSSR count). The van der Waals surface area contributed by atoms with E-state index in [1.54, 1.807) is 6.07 Å². The van der Waals surface area contributed by atoms with E-state index in [9.17, 15) is 12.8 Å². The summed E-state index contributed by atoms with van der Waals surface area (Å²) in [5.74, 6) is -0.215. The van der Waals surface area contributed by atoms with Crippen molar-refractivity contribution in [3.8, 4) is 6.07 Å². The van der Waals surface area contributed by atoms with Crippen LogP contribution in [0.15, 0.2) is 23.1 Å². The Hall–Kier alpha value is -1.49. The molecule has 0 aromatic heterocycles. The van der Waals surface area contributed by atoms with Gasteiger partial charge in [-0.2, -0.15) is 9.57 Å². The van der Waals surface area contributed by atoms with Crippen LogP contribution in [-0.2, 0) is 10.0 Å². The Morgan fingerprint density at radius 2 is 2.09 bits per heavy atom. The number of rotatable bonds is 2. The lowest BCUT2D eigenvalue weighted by atomic mass is 9.78. The molecular weight excluding hydrogens is 305 g/mol. The monoisotopic (exact) mass is 323 g/mol. The predicted molar refractivity (Wildman–Crippen MR) is 78.7 cm³/mol. The van der Waals surface area contributed by atoms with Gasteiger partial charge in [0.1, 0.15) is 11.9 Å². The zero-order valence-electron chi connectivity index (χ0n) is 12.1. The van der Waals surface area contributed by atoms with E-state index in [1.165, 1.54) is 10.4 Å². The van der Waals surface area contributed by atoms with Gasteiger partial charge in [0.15, 0.2) is 0 Å². The van der Waals surface area contributed by atoms with Crippen LogP contribution in [0.1, 0.15) is 24.8 Å². The molecule has 3 atom stereocenters. The zero-order chi connectivity index (χ0) is 15.9. The molecule has 7 heteroatoms. The SMILES string of the molecule is N#Cc1cc(S(=O)(=O)N2CC3CCCC(N)C3C2)ccc1F. The van der Waals surface area contributed by atoms with Gasteiger partial charge in [-0.3, -0.25) is 0 Å². The number of nitrogens with two attached hydrogens (primary N) is 1. The maximum atomic E-state index is 13.4. The minimum absolute atomic E-state index is 0.0299. The summed E-state index contributed by atoms with van der Waals surface area (Å²) in [6.45, 7) is 0.868. The van der Waals surface area contributed by atoms with E-state index >= 15 is 0 Å². The summed E-state index contributed by atoms with van der Waals surface area (Å²) >= 11 is 0. The van der Waals surface area contributed by atoms with Crippen molar-refractivity contribution in [3.05, 3.63) is 29.6 Å². The Morgan fingerprint density at radius 3 is 2.77 bits per heavy atom. The van der Waals surface area contributed by atoms with Crippen LogP contribution in [0, 0.1) is 29.0 Å². The van der Waals surface area contributed by atoms with Crippen LogP contribution in [0.4, 0.5) is 4.39 Å². The number of hydrogen-bond acceptors (Lipinski definition) is 4. The Balaban J connectivity index is 1.90. The van der Waals surface area contributed by atoms with E-state index in [2.05, 4.69) is 0 Å². The van der Waals surface area contributed by atoms with E-state index in [0.29, 0.717) is 19.0 Å². The Morgan fingerprint density at radius 1 is 1.32 bits per heavy atom. The lowest BCUT2D eigenvalue weighted by Crippen LogP contribution is -2.38. The number of nitrogens with zero attached hydrogens (tertiary/aromatic N) is 2. The van der Waals surface area contributed by atoms with Gasteiger partial charge in [-0.05, 0) is 42.9 Å². The van der Waals surface area contributed by atoms with Gasteiger partial charge in [0.2, 0.25) is 10.0 Å². The summed E-state index contributed by atoms with van der Waals surface area (Å²) in [5, 5.41) is 8.86. The second-order valence-corrected chi connectivity index (χ2v) is 8.03. The van der Waals surface area contributed by atoms with E-state index in [-0.39, 0.29) is 22.4 Å². The molecule has 2 aliphatic rings. The van der Waals surface area contributed by atoms with Gasteiger partial charge in [-0.25, -0.2) is 12.8 Å². The zero-order valence-corrected chi connectivity index (χ0v) is 12.9. The highest BCUT2D eigenvalue weighted by molar-refractivity contribution is 7.89. The molecule has 3 unspecified atom stereocenters. The number of fused-ring (bicyclic) bond motifs is 1. The van der Waals surface area contributed by atoms with Crippen LogP contribution in [0.3, 0.4) is 0 Å². The molecule has 0 bridgehead atoms. The Kier molecular flexibility index (Phi) is 3.93. The maximum absolute atomic E-state index is 13.4. The normalized spacial score (nSPS) is 29.0. The smallest absolute Gasteiger partial charge is 0.243 e. The Labute approximate surface area is 129 Å². The van der Waals surface area contributed by atoms with Gasteiger partial charge >= 0.3 is 0 Å². The van der Waals surface area contributed by atoms with Crippen LogP contribution >= 0.6 is 0 Å². The van der Waals surface area contributed by atoms with Crippen LogP contribution in [0.5, 0.6) is 0 Å². The first-order chi connectivity index (χ1) is 10.4. The van der Waals surface area contributed by atoms with Crippen molar-refractivity contribution in [1.82, 2.24) is 4.31 Å². The second kappa shape index (κ2) is 5.61. The molecule has 1 saturated carbocycles. The van der Waals surface area contributed by atoms with Crippen LogP contribution in [0.25, 0.3) is 0 Å². The third-order valence-corrected chi connectivity index (χ3v) is 6.64. The summed E-state index contributed by atoms with van der Waals surface area (Å²) in [5.41, 5.74) is 5.86. The quantitative estimate of drug-likeness (QED) is 0.892. The minimum Gasteiger partial charge on any atom is -0.327 e. The number of halogens is 1. The summed E-state index contributed by atoms with van der Waals surface area (Å²) in [7, 11) is -3.71. The minimum atomic E-state index is -3.71. The molecule has 1 aliphatic carbocycles. The third-order valence-electron chi connectivity index (χ3n) is 4.82. The summed E-state index contributed by atoms with van der Waals surface area (Å²) < 4.78 is 40.2. The highest BCUT2D eigenvalue weighted by Crippen LogP contribution is 2.37. The third kappa shape index (κ3) is 2.51. The van der Waals surface area contributed by atoms with E-state index in [0.717, 1.165) is 31.4 Å². The van der Waals surface area contributed by atoms with Gasteiger partial charge in [0.25, 0.3) is 0 Å². The standard InChI is InChI=1S/C15H18FN3O2S/c16-14-5-4-12(6-11(14)7-17)22(20,21)19-8-10-2-1-3-15(18)13(10)9-19/h4-6,10,13,15H,1-3,8-9,18H2. The van der Waals surface area contributed by atoms with Crippen molar-refractivity contribution < 1.29 is 12.8 Å². The summed E-state index contributed by atoms with van der Waals surface area (Å²) in [4.78, 5) is -0.0299. The van der Waals surface area contributed by atoms with Crippen molar-refractivity contribution in [2.75, 3.05) is 13.1 Å². The predicted octanol–water partition coefficient (Wildman–Crippen LogP) is 1.45. The Bertz CT molecular complexity index is 729. The molecule has 5 nitrogen and oxygen atoms in total. The first-order valence-corrected chi connectivity index (χ1v) is 8.83. The molecule has 22 heavy (non-hydrogen) atoms. The number of nitriles is 1. The molecule has 2 N–H and O–H groups in total. The fraction of sp³-hybridized carbons (Fsp3) is 0.533. The molecule has 1 aromatic carbocycles. The largest absolute Gasteiger partial charge is 0.327 e. The lowest BCUT2D eigenvalue weighted by molar-refractivity contribution is 0.260. The summed E-state index contributed by atoms with van der Waals surface area (Å²) in [6.07, 6.45) is 2.97. The topological polar surface area (TPSA) is 87.2 Å². The van der Waals surface area contributed by atoms with Crippen LogP contribution < -0.4 is 5.73 Å². The second-order valence-electron chi connectivity index (χ2n) is 6.09. The van der Waals surface area contributed by atoms with Crippen molar-refractivity contribution in [3.63, 3.8) is 0 Å². The van der Waals surface area contributed by atoms with Crippen molar-refractivity contribution in [2.24, 2.45) is 17.6 Å². The average molecular weight is 323 g/mol. The molecule has 118 valence electrons. The van der Waals surface area contributed by atoms with Gasteiger partial charge in [0, 0.05) is 19.1 Å². The van der Waals surface area contributed by atoms with E-state index < -0.39 is 15.8 Å². The fourth-order valence-electron chi connectivity index (χ4n) is 3.57. The van der Waals surface area contributed by atoms with Gasteiger partial charge in [0.05, 0.1) is 10.5 Å². The highest BCUT2D eigenvalue weighted by Gasteiger charge is 2.43. The number of benzene rings is 1. The first-order valence-electron chi connectivity index (χ1n) is 7.39. The molecule has 1 saturated heterocycles. The maximum Gasteiger partial charge on any atom is 0.243 e. The van der Waals surface area contributed by atoms with E-state index in [1.807, 2.05) is 0 Å². The molecule has 0 spiro atoms. The van der Waals surface area contributed by atoms with Crippen LogP contribution in [0.2, 0.25) is 0 Å². The lowest BCUT2D eigenvalue weighted by Gasteiger charge is -2.29. The molecule has 0 radical (unpaired) electrons. The average Bonchev–Trinajstić information content (AvgIpc) is 2.94. The fourth-order valence-corrected chi connectivity index (χ4v) is 5.13. The molecule has 0 amide bonds. The summed E-state index contributed by atoms with van der Waals surface area (Å²) in [6, 6.07) is 5.07. The molecule has 1 aromatic rings. The van der Waals surface area contributed by atoms with Crippen molar-refractivity contribution in [2.45, 2.75) is 30.2 Å². The molecule has 1 heterocycles. The number of sulfonamides is 1. The van der Waals surface area contributed by atoms with Gasteiger partial charge in [-0.1, -0.05) is 6.42 Å². The van der Waals surface area contributed by atoms with Crippen LogP contribution in [-0.4, -0.2) is 31.9 Å². The highest BCUT2D eigenvalue weighted by atomic mass is 32.2. The first kappa shape index (κ1) is 15.4.